The fourth-order valence-corrected chi connectivity index (χ4v) is 4.15. The van der Waals surface area contributed by atoms with Crippen LogP contribution in [0.15, 0.2) is 67.0 Å². The molecule has 2 heterocycles. The summed E-state index contributed by atoms with van der Waals surface area (Å²) in [6.45, 7) is 0.468. The molecule has 2 amide bonds. The van der Waals surface area contributed by atoms with E-state index in [4.69, 9.17) is 4.74 Å². The molecule has 32 heavy (non-hydrogen) atoms. The molecule has 2 aromatic carbocycles. The van der Waals surface area contributed by atoms with Gasteiger partial charge in [-0.1, -0.05) is 24.3 Å². The number of rotatable bonds is 9. The molecule has 0 aliphatic carbocycles. The molecule has 1 aliphatic rings. The molecule has 0 saturated carbocycles. The maximum atomic E-state index is 12.5. The quantitative estimate of drug-likeness (QED) is 0.544. The Hall–Kier alpha value is -3.61. The topological polar surface area (TPSA) is 85.2 Å². The summed E-state index contributed by atoms with van der Waals surface area (Å²) in [6.07, 6.45) is 6.53. The highest BCUT2D eigenvalue weighted by molar-refractivity contribution is 5.80. The predicted octanol–water partition coefficient (Wildman–Crippen LogP) is 3.17. The van der Waals surface area contributed by atoms with Gasteiger partial charge in [0.25, 0.3) is 0 Å². The second-order valence-electron chi connectivity index (χ2n) is 8.25. The lowest BCUT2D eigenvalue weighted by molar-refractivity contribution is -0.122. The van der Waals surface area contributed by atoms with Gasteiger partial charge in [-0.25, -0.2) is 4.68 Å². The Labute approximate surface area is 187 Å². The van der Waals surface area contributed by atoms with Gasteiger partial charge >= 0.3 is 0 Å². The number of aromatic nitrogens is 2. The molecule has 1 atom stereocenters. The molecule has 1 aliphatic heterocycles. The number of ether oxygens (including phenoxy) is 1. The number of nitrogens with zero attached hydrogens (tertiary/aromatic N) is 2. The van der Waals surface area contributed by atoms with Gasteiger partial charge in [0.1, 0.15) is 5.75 Å². The van der Waals surface area contributed by atoms with E-state index in [1.54, 1.807) is 18.0 Å². The van der Waals surface area contributed by atoms with Crippen LogP contribution in [0, 0.1) is 0 Å². The summed E-state index contributed by atoms with van der Waals surface area (Å²) in [5, 5.41) is 10.3. The van der Waals surface area contributed by atoms with Gasteiger partial charge < -0.3 is 15.4 Å². The Morgan fingerprint density at radius 2 is 1.91 bits per heavy atom. The molecule has 1 saturated heterocycles. The van der Waals surface area contributed by atoms with Crippen molar-refractivity contribution < 1.29 is 14.3 Å². The van der Waals surface area contributed by atoms with Crippen molar-refractivity contribution in [1.29, 1.82) is 0 Å². The zero-order valence-corrected chi connectivity index (χ0v) is 18.2. The molecule has 0 unspecified atom stereocenters. The van der Waals surface area contributed by atoms with Gasteiger partial charge in [0.15, 0.2) is 0 Å². The molecule has 7 nitrogen and oxygen atoms in total. The van der Waals surface area contributed by atoms with Crippen LogP contribution in [0.25, 0.3) is 5.69 Å². The highest BCUT2D eigenvalue weighted by Crippen LogP contribution is 2.30. The average Bonchev–Trinajstić information content (AvgIpc) is 3.48. The van der Waals surface area contributed by atoms with E-state index >= 15 is 0 Å². The fourth-order valence-electron chi connectivity index (χ4n) is 4.15. The summed E-state index contributed by atoms with van der Waals surface area (Å²) < 4.78 is 7.01. The maximum Gasteiger partial charge on any atom is 0.220 e. The summed E-state index contributed by atoms with van der Waals surface area (Å²) >= 11 is 0. The van der Waals surface area contributed by atoms with Crippen LogP contribution in [0.4, 0.5) is 0 Å². The molecule has 0 radical (unpaired) electrons. The van der Waals surface area contributed by atoms with E-state index in [9.17, 15) is 9.59 Å². The summed E-state index contributed by atoms with van der Waals surface area (Å²) in [5.41, 5.74) is 2.73. The first-order valence-electron chi connectivity index (χ1n) is 10.8. The Morgan fingerprint density at radius 3 is 2.53 bits per heavy atom. The zero-order valence-electron chi connectivity index (χ0n) is 18.2. The highest BCUT2D eigenvalue weighted by atomic mass is 16.5. The van der Waals surface area contributed by atoms with Crippen molar-refractivity contribution in [2.45, 2.75) is 44.2 Å². The Kier molecular flexibility index (Phi) is 6.54. The van der Waals surface area contributed by atoms with E-state index in [0.29, 0.717) is 32.2 Å². The zero-order chi connectivity index (χ0) is 22.4. The summed E-state index contributed by atoms with van der Waals surface area (Å²) in [7, 11) is 1.64. The molecule has 4 rings (SSSR count). The molecular formula is C25H28N4O3. The molecule has 166 valence electrons. The molecule has 2 N–H and O–H groups in total. The number of carbonyl (C=O) groups excluding carboxylic acids is 2. The van der Waals surface area contributed by atoms with Crippen LogP contribution in [-0.2, 0) is 22.6 Å². The fraction of sp³-hybridized carbons (Fsp3) is 0.320. The van der Waals surface area contributed by atoms with Crippen molar-refractivity contribution in [1.82, 2.24) is 20.4 Å². The molecular weight excluding hydrogens is 404 g/mol. The third kappa shape index (κ3) is 5.35. The molecule has 1 aromatic heterocycles. The maximum absolute atomic E-state index is 12.5. The van der Waals surface area contributed by atoms with Crippen molar-refractivity contribution in [3.63, 3.8) is 0 Å². The first-order chi connectivity index (χ1) is 15.5. The third-order valence-corrected chi connectivity index (χ3v) is 5.96. The predicted molar refractivity (Wildman–Crippen MR) is 121 cm³/mol. The first-order valence-corrected chi connectivity index (χ1v) is 10.8. The largest absolute Gasteiger partial charge is 0.497 e. The standard InChI is InChI=1S/C25H28N4O3/c1-32-22-9-5-19(6-10-22)17-25(14-12-24(31)28-25)13-11-23(30)26-18-20-3-7-21(8-4-20)29-16-2-15-27-29/h2-10,15-16H,11-14,17-18H2,1H3,(H,26,30)(H,28,31)/t25-/m0/s1. The van der Waals surface area contributed by atoms with Crippen LogP contribution in [0.2, 0.25) is 0 Å². The summed E-state index contributed by atoms with van der Waals surface area (Å²) in [4.78, 5) is 24.5. The number of carbonyl (C=O) groups is 2. The Morgan fingerprint density at radius 1 is 1.16 bits per heavy atom. The average molecular weight is 433 g/mol. The molecule has 1 fully saturated rings. The smallest absolute Gasteiger partial charge is 0.220 e. The van der Waals surface area contributed by atoms with Crippen LogP contribution in [0.3, 0.4) is 0 Å². The minimum atomic E-state index is -0.381. The van der Waals surface area contributed by atoms with Gasteiger partial charge in [-0.05, 0) is 60.7 Å². The second kappa shape index (κ2) is 9.68. The molecule has 0 spiro atoms. The van der Waals surface area contributed by atoms with Gasteiger partial charge in [-0.15, -0.1) is 0 Å². The SMILES string of the molecule is COc1ccc(C[C@]2(CCC(=O)NCc3ccc(-n4cccn4)cc3)CCC(=O)N2)cc1. The lowest BCUT2D eigenvalue weighted by Crippen LogP contribution is -2.44. The first kappa shape index (κ1) is 21.6. The van der Waals surface area contributed by atoms with Crippen LogP contribution in [0.1, 0.15) is 36.8 Å². The monoisotopic (exact) mass is 432 g/mol. The number of benzene rings is 2. The van der Waals surface area contributed by atoms with Crippen LogP contribution in [0.5, 0.6) is 5.75 Å². The van der Waals surface area contributed by atoms with Crippen molar-refractivity contribution in [2.75, 3.05) is 7.11 Å². The van der Waals surface area contributed by atoms with Gasteiger partial charge in [0.2, 0.25) is 11.8 Å². The van der Waals surface area contributed by atoms with E-state index in [1.807, 2.05) is 60.8 Å². The van der Waals surface area contributed by atoms with E-state index in [1.165, 1.54) is 0 Å². The molecule has 3 aromatic rings. The highest BCUT2D eigenvalue weighted by Gasteiger charge is 2.37. The number of methoxy groups -OCH3 is 1. The lowest BCUT2D eigenvalue weighted by atomic mass is 9.85. The number of amides is 2. The number of hydrogen-bond donors (Lipinski definition) is 2. The molecule has 7 heteroatoms. The van der Waals surface area contributed by atoms with Crippen molar-refractivity contribution >= 4 is 11.8 Å². The van der Waals surface area contributed by atoms with E-state index in [0.717, 1.165) is 29.0 Å². The number of nitrogens with one attached hydrogen (secondary N) is 2. The van der Waals surface area contributed by atoms with E-state index in [-0.39, 0.29) is 17.4 Å². The summed E-state index contributed by atoms with van der Waals surface area (Å²) in [5.74, 6) is 0.836. The minimum Gasteiger partial charge on any atom is -0.497 e. The normalized spacial score (nSPS) is 17.7. The Balaban J connectivity index is 1.30. The van der Waals surface area contributed by atoms with Crippen molar-refractivity contribution in [3.8, 4) is 11.4 Å². The Bertz CT molecular complexity index is 1050. The molecule has 0 bridgehead atoms. The van der Waals surface area contributed by atoms with Gasteiger partial charge in [-0.3, -0.25) is 9.59 Å². The van der Waals surface area contributed by atoms with E-state index < -0.39 is 0 Å². The van der Waals surface area contributed by atoms with Crippen LogP contribution < -0.4 is 15.4 Å². The number of hydrogen-bond acceptors (Lipinski definition) is 4. The lowest BCUT2D eigenvalue weighted by Gasteiger charge is -2.29. The second-order valence-corrected chi connectivity index (χ2v) is 8.25. The van der Waals surface area contributed by atoms with Gasteiger partial charge in [-0.2, -0.15) is 5.10 Å². The van der Waals surface area contributed by atoms with Crippen molar-refractivity contribution in [2.24, 2.45) is 0 Å². The van der Waals surface area contributed by atoms with Gasteiger partial charge in [0, 0.05) is 37.3 Å². The third-order valence-electron chi connectivity index (χ3n) is 5.96. The van der Waals surface area contributed by atoms with Gasteiger partial charge in [0.05, 0.1) is 12.8 Å². The minimum absolute atomic E-state index is 0.0172. The van der Waals surface area contributed by atoms with Crippen LogP contribution in [-0.4, -0.2) is 34.2 Å². The van der Waals surface area contributed by atoms with Crippen molar-refractivity contribution in [3.05, 3.63) is 78.1 Å². The van der Waals surface area contributed by atoms with E-state index in [2.05, 4.69) is 15.7 Å². The van der Waals surface area contributed by atoms with Crippen LogP contribution >= 0.6 is 0 Å². The summed E-state index contributed by atoms with van der Waals surface area (Å²) in [6, 6.07) is 17.7.